The molecule has 8 nitrogen and oxygen atoms in total. The van der Waals surface area contributed by atoms with Crippen LogP contribution in [0.15, 0.2) is 18.7 Å². The van der Waals surface area contributed by atoms with Gasteiger partial charge >= 0.3 is 12.1 Å². The number of nitrogens with one attached hydrogen (secondary N) is 1. The molecule has 0 bridgehead atoms. The van der Waals surface area contributed by atoms with Gasteiger partial charge in [-0.2, -0.15) is 0 Å². The molecule has 0 saturated heterocycles. The van der Waals surface area contributed by atoms with Crippen LogP contribution in [0.25, 0.3) is 0 Å². The fraction of sp³-hybridized carbons (Fsp3) is 0.684. The summed E-state index contributed by atoms with van der Waals surface area (Å²) in [4.78, 5) is 28.6. The number of ether oxygens (including phenoxy) is 3. The molecule has 0 aliphatic heterocycles. The molecule has 2 rings (SSSR count). The summed E-state index contributed by atoms with van der Waals surface area (Å²) >= 11 is 5.29. The smallest absolute Gasteiger partial charge is 0.407 e. The predicted octanol–water partition coefficient (Wildman–Crippen LogP) is 3.05. The molecule has 1 aliphatic carbocycles. The summed E-state index contributed by atoms with van der Waals surface area (Å²) in [5.74, 6) is -0.848. The van der Waals surface area contributed by atoms with Gasteiger partial charge in [0.1, 0.15) is 18.0 Å². The number of alkyl carbamates (subject to hydrolysis) is 1. The largest absolute Gasteiger partial charge is 0.466 e. The highest BCUT2D eigenvalue weighted by molar-refractivity contribution is 7.80. The Morgan fingerprint density at radius 2 is 2.07 bits per heavy atom. The molecule has 0 spiro atoms. The lowest BCUT2D eigenvalue weighted by Crippen LogP contribution is -2.38. The molecular formula is C19H29N3O5S. The average molecular weight is 412 g/mol. The van der Waals surface area contributed by atoms with Crippen LogP contribution in [0.4, 0.5) is 4.79 Å². The SMILES string of the molecule is CCCCOC(=O)C1CC(NC(=O)OC(C)(C)C)CC1OC(=S)n1ccnc1. The Bertz CT molecular complexity index is 672. The van der Waals surface area contributed by atoms with Crippen LogP contribution in [0.3, 0.4) is 0 Å². The maximum absolute atomic E-state index is 12.6. The quantitative estimate of drug-likeness (QED) is 0.437. The minimum atomic E-state index is -0.597. The van der Waals surface area contributed by atoms with Crippen LogP contribution in [-0.2, 0) is 19.0 Å². The first-order valence-corrected chi connectivity index (χ1v) is 9.95. The van der Waals surface area contributed by atoms with Gasteiger partial charge in [0.15, 0.2) is 0 Å². The molecule has 1 N–H and O–H groups in total. The molecule has 0 aromatic carbocycles. The van der Waals surface area contributed by atoms with E-state index in [0.29, 0.717) is 19.4 Å². The lowest BCUT2D eigenvalue weighted by molar-refractivity contribution is -0.151. The van der Waals surface area contributed by atoms with E-state index in [1.807, 2.05) is 6.92 Å². The highest BCUT2D eigenvalue weighted by atomic mass is 32.1. The summed E-state index contributed by atoms with van der Waals surface area (Å²) in [5, 5.41) is 3.01. The highest BCUT2D eigenvalue weighted by Gasteiger charge is 2.43. The second kappa shape index (κ2) is 9.86. The number of unbranched alkanes of at least 4 members (excludes halogenated alkanes) is 1. The topological polar surface area (TPSA) is 91.7 Å². The van der Waals surface area contributed by atoms with Crippen molar-refractivity contribution in [2.24, 2.45) is 5.92 Å². The maximum Gasteiger partial charge on any atom is 0.407 e. The van der Waals surface area contributed by atoms with Crippen LogP contribution >= 0.6 is 12.2 Å². The van der Waals surface area contributed by atoms with Crippen LogP contribution < -0.4 is 5.32 Å². The number of esters is 1. The number of thiocarbonyl (C=S) groups is 1. The third-order valence-corrected chi connectivity index (χ3v) is 4.54. The average Bonchev–Trinajstić information content (AvgIpc) is 3.23. The number of nitrogens with zero attached hydrogens (tertiary/aromatic N) is 2. The van der Waals surface area contributed by atoms with E-state index < -0.39 is 23.7 Å². The van der Waals surface area contributed by atoms with Crippen molar-refractivity contribution in [3.63, 3.8) is 0 Å². The van der Waals surface area contributed by atoms with Crippen LogP contribution in [0.1, 0.15) is 53.4 Å². The van der Waals surface area contributed by atoms with Gasteiger partial charge in [0.25, 0.3) is 5.17 Å². The van der Waals surface area contributed by atoms with Crippen LogP contribution in [0, 0.1) is 5.92 Å². The fourth-order valence-electron chi connectivity index (χ4n) is 2.95. The predicted molar refractivity (Wildman–Crippen MR) is 107 cm³/mol. The summed E-state index contributed by atoms with van der Waals surface area (Å²) in [7, 11) is 0. The molecule has 1 amide bonds. The number of carbonyl (C=O) groups is 2. The number of amides is 1. The minimum absolute atomic E-state index is 0.201. The van der Waals surface area contributed by atoms with Gasteiger partial charge in [0.2, 0.25) is 0 Å². The van der Waals surface area contributed by atoms with Gasteiger partial charge in [0.05, 0.1) is 12.5 Å². The number of rotatable bonds is 6. The van der Waals surface area contributed by atoms with Crippen molar-refractivity contribution in [3.8, 4) is 0 Å². The Balaban J connectivity index is 2.01. The van der Waals surface area contributed by atoms with E-state index in [4.69, 9.17) is 26.4 Å². The zero-order valence-corrected chi connectivity index (χ0v) is 17.7. The van der Waals surface area contributed by atoms with E-state index >= 15 is 0 Å². The van der Waals surface area contributed by atoms with Gasteiger partial charge in [-0.25, -0.2) is 9.78 Å². The van der Waals surface area contributed by atoms with Gasteiger partial charge in [-0.05, 0) is 45.8 Å². The van der Waals surface area contributed by atoms with E-state index in [1.54, 1.807) is 37.7 Å². The number of aromatic nitrogens is 2. The molecule has 1 aliphatic rings. The first-order valence-electron chi connectivity index (χ1n) is 9.54. The van der Waals surface area contributed by atoms with E-state index in [0.717, 1.165) is 12.8 Å². The Morgan fingerprint density at radius 3 is 2.68 bits per heavy atom. The van der Waals surface area contributed by atoms with Crippen molar-refractivity contribution in [2.75, 3.05) is 6.61 Å². The molecule has 1 aromatic heterocycles. The van der Waals surface area contributed by atoms with E-state index in [2.05, 4.69) is 10.3 Å². The second-order valence-corrected chi connectivity index (χ2v) is 8.18. The third kappa shape index (κ3) is 6.78. The summed E-state index contributed by atoms with van der Waals surface area (Å²) in [6.07, 6.45) is 6.35. The number of hydrogen-bond acceptors (Lipinski definition) is 7. The Morgan fingerprint density at radius 1 is 1.32 bits per heavy atom. The molecule has 1 aromatic rings. The summed E-state index contributed by atoms with van der Waals surface area (Å²) < 4.78 is 18.1. The first-order chi connectivity index (χ1) is 13.2. The summed E-state index contributed by atoms with van der Waals surface area (Å²) in [6, 6.07) is -0.269. The molecular weight excluding hydrogens is 382 g/mol. The molecule has 0 radical (unpaired) electrons. The van der Waals surface area contributed by atoms with Gasteiger partial charge in [-0.15, -0.1) is 0 Å². The van der Waals surface area contributed by atoms with Gasteiger partial charge in [-0.1, -0.05) is 13.3 Å². The van der Waals surface area contributed by atoms with E-state index in [9.17, 15) is 9.59 Å². The zero-order valence-electron chi connectivity index (χ0n) is 16.8. The van der Waals surface area contributed by atoms with Gasteiger partial charge in [-0.3, -0.25) is 9.36 Å². The zero-order chi connectivity index (χ0) is 20.7. The van der Waals surface area contributed by atoms with E-state index in [-0.39, 0.29) is 17.2 Å². The molecule has 1 heterocycles. The molecule has 1 fully saturated rings. The fourth-order valence-corrected chi connectivity index (χ4v) is 3.18. The minimum Gasteiger partial charge on any atom is -0.466 e. The Kier molecular flexibility index (Phi) is 7.79. The van der Waals surface area contributed by atoms with Crippen molar-refractivity contribution in [3.05, 3.63) is 18.7 Å². The van der Waals surface area contributed by atoms with Gasteiger partial charge in [0, 0.05) is 24.9 Å². The van der Waals surface area contributed by atoms with E-state index in [1.165, 1.54) is 6.33 Å². The van der Waals surface area contributed by atoms with Crippen molar-refractivity contribution >= 4 is 29.5 Å². The lowest BCUT2D eigenvalue weighted by atomic mass is 10.1. The lowest BCUT2D eigenvalue weighted by Gasteiger charge is -2.21. The van der Waals surface area contributed by atoms with Crippen LogP contribution in [0.2, 0.25) is 0 Å². The number of hydrogen-bond donors (Lipinski definition) is 1. The molecule has 3 atom stereocenters. The molecule has 3 unspecified atom stereocenters. The van der Waals surface area contributed by atoms with Crippen LogP contribution in [-0.4, -0.2) is 51.1 Å². The monoisotopic (exact) mass is 411 g/mol. The molecule has 1 saturated carbocycles. The van der Waals surface area contributed by atoms with Crippen molar-refractivity contribution in [1.29, 1.82) is 0 Å². The normalized spacial score (nSPS) is 21.8. The Hall–Kier alpha value is -2.16. The molecule has 156 valence electrons. The van der Waals surface area contributed by atoms with Crippen molar-refractivity contribution in [1.82, 2.24) is 14.9 Å². The van der Waals surface area contributed by atoms with Crippen molar-refractivity contribution in [2.45, 2.75) is 71.1 Å². The van der Waals surface area contributed by atoms with Gasteiger partial charge < -0.3 is 19.5 Å². The number of carbonyl (C=O) groups excluding carboxylic acids is 2. The first kappa shape index (κ1) is 22.1. The summed E-state index contributed by atoms with van der Waals surface area (Å²) in [5.41, 5.74) is -0.597. The number of imidazole rings is 1. The molecule has 9 heteroatoms. The highest BCUT2D eigenvalue weighted by Crippen LogP contribution is 2.31. The third-order valence-electron chi connectivity index (χ3n) is 4.24. The molecule has 28 heavy (non-hydrogen) atoms. The Labute approximate surface area is 170 Å². The second-order valence-electron chi connectivity index (χ2n) is 7.83. The summed E-state index contributed by atoms with van der Waals surface area (Å²) in [6.45, 7) is 7.79. The maximum atomic E-state index is 12.6. The van der Waals surface area contributed by atoms with Crippen LogP contribution in [0.5, 0.6) is 0 Å². The standard InChI is InChI=1S/C19H29N3O5S/c1-5-6-9-25-16(23)14-10-13(21-17(24)27-19(2,3)4)11-15(14)26-18(28)22-8-7-20-12-22/h7-8,12-15H,5-6,9-11H2,1-4H3,(H,21,24). The van der Waals surface area contributed by atoms with Crippen molar-refractivity contribution < 1.29 is 23.8 Å².